The molecule has 0 aliphatic rings. The van der Waals surface area contributed by atoms with E-state index in [0.29, 0.717) is 22.1 Å². The van der Waals surface area contributed by atoms with Crippen LogP contribution >= 0.6 is 22.9 Å². The third kappa shape index (κ3) is 4.52. The molecular weight excluding hydrogens is 547 g/mol. The Bertz CT molecular complexity index is 1700. The highest BCUT2D eigenvalue weighted by Gasteiger charge is 2.35. The number of halogens is 4. The number of aryl methyl sites for hydroxylation is 1. The minimum Gasteiger partial charge on any atom is -0.464 e. The van der Waals surface area contributed by atoms with Gasteiger partial charge >= 0.3 is 6.18 Å². The molecule has 196 valence electrons. The van der Waals surface area contributed by atoms with Crippen molar-refractivity contribution < 1.29 is 27.2 Å². The summed E-state index contributed by atoms with van der Waals surface area (Å²) in [6.45, 7) is 3.73. The summed E-state index contributed by atoms with van der Waals surface area (Å²) in [6.07, 6.45) is -1.93. The standard InChI is InChI=1S/C23H17ClF3N7O3S/c1-10-17(24)11(2)34(31-10)9-33-6-5-13(32-33)21(36)30-18-16-12(14-4-3-7-37-14)8-15(23(25,26)27)29-22(16)38-19(18)20(28)35/h3-8H,9H2,1-2H3,(H2,28,35)(H,30,36). The van der Waals surface area contributed by atoms with Crippen molar-refractivity contribution in [3.8, 4) is 11.3 Å². The molecule has 38 heavy (non-hydrogen) atoms. The molecule has 10 nitrogen and oxygen atoms in total. The predicted molar refractivity (Wildman–Crippen MR) is 133 cm³/mol. The number of aromatic nitrogens is 5. The zero-order chi connectivity index (χ0) is 27.4. The molecule has 0 aliphatic heterocycles. The lowest BCUT2D eigenvalue weighted by molar-refractivity contribution is -0.140. The van der Waals surface area contributed by atoms with E-state index in [0.717, 1.165) is 11.8 Å². The molecule has 5 aromatic rings. The van der Waals surface area contributed by atoms with Gasteiger partial charge in [-0.1, -0.05) is 11.6 Å². The average molecular weight is 564 g/mol. The molecule has 0 unspecified atom stereocenters. The minimum atomic E-state index is -4.77. The number of alkyl halides is 3. The molecule has 0 bridgehead atoms. The van der Waals surface area contributed by atoms with E-state index < -0.39 is 23.7 Å². The number of nitrogens with one attached hydrogen (secondary N) is 1. The van der Waals surface area contributed by atoms with Crippen LogP contribution in [0.5, 0.6) is 0 Å². The van der Waals surface area contributed by atoms with Crippen molar-refractivity contribution in [1.29, 1.82) is 0 Å². The highest BCUT2D eigenvalue weighted by molar-refractivity contribution is 7.21. The van der Waals surface area contributed by atoms with Gasteiger partial charge in [0.15, 0.2) is 5.69 Å². The SMILES string of the molecule is Cc1nn(Cn2ccc(C(=O)Nc3c(C(N)=O)sc4nc(C(F)(F)F)cc(-c5ccco5)c34)n2)c(C)c1Cl. The third-order valence-corrected chi connectivity index (χ3v) is 7.29. The first-order chi connectivity index (χ1) is 17.9. The molecule has 0 aliphatic carbocycles. The van der Waals surface area contributed by atoms with Gasteiger partial charge in [-0.15, -0.1) is 11.3 Å². The first-order valence-electron chi connectivity index (χ1n) is 10.9. The summed E-state index contributed by atoms with van der Waals surface area (Å²) >= 11 is 6.82. The van der Waals surface area contributed by atoms with Gasteiger partial charge in [-0.25, -0.2) is 9.67 Å². The van der Waals surface area contributed by atoms with E-state index in [2.05, 4.69) is 20.5 Å². The number of thiophene rings is 1. The van der Waals surface area contributed by atoms with Gasteiger partial charge < -0.3 is 15.5 Å². The number of nitrogens with zero attached hydrogens (tertiary/aromatic N) is 5. The van der Waals surface area contributed by atoms with Crippen molar-refractivity contribution in [2.45, 2.75) is 26.7 Å². The van der Waals surface area contributed by atoms with Crippen LogP contribution in [0.15, 0.2) is 41.1 Å². The number of carbonyl (C=O) groups excluding carboxylic acids is 2. The van der Waals surface area contributed by atoms with Gasteiger partial charge in [0.05, 0.1) is 28.4 Å². The van der Waals surface area contributed by atoms with E-state index in [1.165, 1.54) is 29.1 Å². The first-order valence-corrected chi connectivity index (χ1v) is 12.1. The number of furan rings is 1. The highest BCUT2D eigenvalue weighted by atomic mass is 35.5. The lowest BCUT2D eigenvalue weighted by Gasteiger charge is -2.10. The molecule has 15 heteroatoms. The Kier molecular flexibility index (Phi) is 6.23. The summed E-state index contributed by atoms with van der Waals surface area (Å²) < 4.78 is 49.1. The molecule has 0 saturated heterocycles. The molecule has 5 aromatic heterocycles. The fraction of sp³-hybridized carbons (Fsp3) is 0.174. The van der Waals surface area contributed by atoms with Crippen molar-refractivity contribution in [3.05, 3.63) is 69.4 Å². The molecule has 0 aromatic carbocycles. The second-order valence-electron chi connectivity index (χ2n) is 8.20. The van der Waals surface area contributed by atoms with Crippen LogP contribution in [0, 0.1) is 13.8 Å². The van der Waals surface area contributed by atoms with Gasteiger partial charge in [-0.3, -0.25) is 14.3 Å². The van der Waals surface area contributed by atoms with Gasteiger partial charge in [0.2, 0.25) is 0 Å². The summed E-state index contributed by atoms with van der Waals surface area (Å²) in [5.41, 5.74) is 5.57. The molecule has 5 rings (SSSR count). The first kappa shape index (κ1) is 25.5. The number of fused-ring (bicyclic) bond motifs is 1. The number of pyridine rings is 1. The van der Waals surface area contributed by atoms with E-state index in [1.54, 1.807) is 24.7 Å². The van der Waals surface area contributed by atoms with Gasteiger partial charge in [0.25, 0.3) is 11.8 Å². The lowest BCUT2D eigenvalue weighted by Crippen LogP contribution is -2.18. The van der Waals surface area contributed by atoms with E-state index >= 15 is 0 Å². The quantitative estimate of drug-likeness (QED) is 0.295. The molecule has 0 saturated carbocycles. The van der Waals surface area contributed by atoms with Gasteiger partial charge in [0, 0.05) is 17.1 Å². The Hall–Kier alpha value is -4.17. The number of primary amides is 1. The van der Waals surface area contributed by atoms with Gasteiger partial charge in [-0.05, 0) is 38.1 Å². The number of anilines is 1. The van der Waals surface area contributed by atoms with Gasteiger partial charge in [0.1, 0.15) is 27.8 Å². The fourth-order valence-corrected chi connectivity index (χ4v) is 4.99. The smallest absolute Gasteiger partial charge is 0.433 e. The van der Waals surface area contributed by atoms with Crippen LogP contribution in [-0.4, -0.2) is 36.4 Å². The number of rotatable bonds is 6. The Balaban J connectivity index is 1.55. The number of nitrogens with two attached hydrogens (primary N) is 1. The molecule has 0 spiro atoms. The van der Waals surface area contributed by atoms with Crippen molar-refractivity contribution in [2.75, 3.05) is 5.32 Å². The maximum absolute atomic E-state index is 13.6. The fourth-order valence-electron chi connectivity index (χ4n) is 3.85. The van der Waals surface area contributed by atoms with Crippen molar-refractivity contribution in [3.63, 3.8) is 0 Å². The maximum atomic E-state index is 13.6. The van der Waals surface area contributed by atoms with E-state index in [1.807, 2.05) is 0 Å². The monoisotopic (exact) mass is 563 g/mol. The molecule has 5 heterocycles. The normalized spacial score (nSPS) is 11.8. The summed E-state index contributed by atoms with van der Waals surface area (Å²) in [7, 11) is 0. The molecular formula is C23H17ClF3N7O3S. The van der Waals surface area contributed by atoms with Gasteiger partial charge in [-0.2, -0.15) is 23.4 Å². The van der Waals surface area contributed by atoms with Crippen LogP contribution in [0.1, 0.15) is 37.2 Å². The average Bonchev–Trinajstić information content (AvgIpc) is 3.64. The van der Waals surface area contributed by atoms with Crippen LogP contribution in [0.4, 0.5) is 18.9 Å². The molecule has 3 N–H and O–H groups in total. The second kappa shape index (κ2) is 9.29. The number of hydrogen-bond acceptors (Lipinski definition) is 7. The summed E-state index contributed by atoms with van der Waals surface area (Å²) in [5.74, 6) is -1.59. The van der Waals surface area contributed by atoms with Crippen LogP contribution in [-0.2, 0) is 12.8 Å². The molecule has 0 radical (unpaired) electrons. The van der Waals surface area contributed by atoms with E-state index in [-0.39, 0.29) is 44.5 Å². The van der Waals surface area contributed by atoms with Crippen LogP contribution < -0.4 is 11.1 Å². The summed E-state index contributed by atoms with van der Waals surface area (Å²) in [6, 6.07) is 5.18. The van der Waals surface area contributed by atoms with Crippen LogP contribution in [0.25, 0.3) is 21.5 Å². The third-order valence-electron chi connectivity index (χ3n) is 5.65. The molecule has 0 atom stereocenters. The Morgan fingerprint density at radius 2 is 2.00 bits per heavy atom. The van der Waals surface area contributed by atoms with Crippen LogP contribution in [0.2, 0.25) is 5.02 Å². The van der Waals surface area contributed by atoms with Crippen molar-refractivity contribution >= 4 is 50.7 Å². The largest absolute Gasteiger partial charge is 0.464 e. The number of hydrogen-bond donors (Lipinski definition) is 2. The summed E-state index contributed by atoms with van der Waals surface area (Å²) in [5, 5.41) is 11.7. The highest BCUT2D eigenvalue weighted by Crippen LogP contribution is 2.43. The predicted octanol–water partition coefficient (Wildman–Crippen LogP) is 5.10. The maximum Gasteiger partial charge on any atom is 0.433 e. The van der Waals surface area contributed by atoms with Crippen molar-refractivity contribution in [1.82, 2.24) is 24.5 Å². The topological polar surface area (TPSA) is 134 Å². The molecule has 2 amide bonds. The zero-order valence-electron chi connectivity index (χ0n) is 19.6. The zero-order valence-corrected chi connectivity index (χ0v) is 21.2. The van der Waals surface area contributed by atoms with Crippen molar-refractivity contribution in [2.24, 2.45) is 5.73 Å². The van der Waals surface area contributed by atoms with Crippen LogP contribution in [0.3, 0.4) is 0 Å². The Morgan fingerprint density at radius 3 is 2.61 bits per heavy atom. The minimum absolute atomic E-state index is 0.0155. The number of carbonyl (C=O) groups is 2. The Labute approximate surface area is 220 Å². The summed E-state index contributed by atoms with van der Waals surface area (Å²) in [4.78, 5) is 28.7. The Morgan fingerprint density at radius 1 is 1.24 bits per heavy atom. The van der Waals surface area contributed by atoms with E-state index in [9.17, 15) is 22.8 Å². The second-order valence-corrected chi connectivity index (χ2v) is 9.58. The molecule has 0 fully saturated rings. The number of amides is 2. The lowest BCUT2D eigenvalue weighted by atomic mass is 10.1. The van der Waals surface area contributed by atoms with E-state index in [4.69, 9.17) is 21.8 Å².